The van der Waals surface area contributed by atoms with E-state index in [0.717, 1.165) is 6.07 Å². The monoisotopic (exact) mass is 274 g/mol. The van der Waals surface area contributed by atoms with Crippen LogP contribution in [0.25, 0.3) is 21.7 Å². The summed E-state index contributed by atoms with van der Waals surface area (Å²) in [7, 11) is 1.43. The highest BCUT2D eigenvalue weighted by molar-refractivity contribution is 6.07. The Kier molecular flexibility index (Phi) is 2.47. The Hall–Kier alpha value is -2.89. The number of fused-ring (bicyclic) bond motifs is 3. The van der Waals surface area contributed by atoms with Gasteiger partial charge in [0.25, 0.3) is 0 Å². The van der Waals surface area contributed by atoms with Gasteiger partial charge in [-0.1, -0.05) is 0 Å². The SMILES string of the molecule is COc1cc(O)c2c(=O)oc3cc(O)c(O)cc3c2c1. The van der Waals surface area contributed by atoms with Crippen LogP contribution in [0.1, 0.15) is 0 Å². The summed E-state index contributed by atoms with van der Waals surface area (Å²) in [6.07, 6.45) is 0. The van der Waals surface area contributed by atoms with Crippen molar-refractivity contribution in [2.75, 3.05) is 7.11 Å². The van der Waals surface area contributed by atoms with E-state index in [4.69, 9.17) is 9.15 Å². The number of ether oxygens (including phenoxy) is 1. The van der Waals surface area contributed by atoms with Crippen LogP contribution < -0.4 is 10.4 Å². The first-order valence-corrected chi connectivity index (χ1v) is 5.70. The lowest BCUT2D eigenvalue weighted by Gasteiger charge is -2.08. The number of methoxy groups -OCH3 is 1. The predicted octanol–water partition coefficient (Wildman–Crippen LogP) is 2.07. The number of rotatable bonds is 1. The Morgan fingerprint density at radius 2 is 1.65 bits per heavy atom. The molecule has 0 saturated heterocycles. The van der Waals surface area contributed by atoms with E-state index >= 15 is 0 Å². The van der Waals surface area contributed by atoms with Gasteiger partial charge in [0.05, 0.1) is 7.11 Å². The molecule has 0 bridgehead atoms. The summed E-state index contributed by atoms with van der Waals surface area (Å²) in [4.78, 5) is 11.9. The maximum Gasteiger partial charge on any atom is 0.347 e. The third-order valence-electron chi connectivity index (χ3n) is 3.10. The molecule has 1 heterocycles. The van der Waals surface area contributed by atoms with Gasteiger partial charge in [0.2, 0.25) is 0 Å². The fourth-order valence-electron chi connectivity index (χ4n) is 2.15. The molecule has 0 atom stereocenters. The lowest BCUT2D eigenvalue weighted by molar-refractivity contribution is 0.403. The van der Waals surface area contributed by atoms with Gasteiger partial charge in [0, 0.05) is 22.9 Å². The highest BCUT2D eigenvalue weighted by Gasteiger charge is 2.15. The van der Waals surface area contributed by atoms with Crippen LogP contribution in [0.2, 0.25) is 0 Å². The predicted molar refractivity (Wildman–Crippen MR) is 71.5 cm³/mol. The minimum atomic E-state index is -0.738. The van der Waals surface area contributed by atoms with E-state index in [2.05, 4.69) is 0 Å². The van der Waals surface area contributed by atoms with Crippen LogP contribution >= 0.6 is 0 Å². The topological polar surface area (TPSA) is 100 Å². The quantitative estimate of drug-likeness (QED) is 0.357. The van der Waals surface area contributed by atoms with Crippen molar-refractivity contribution in [3.63, 3.8) is 0 Å². The minimum absolute atomic E-state index is 0.0108. The molecular formula is C14H10O6. The molecule has 102 valence electrons. The van der Waals surface area contributed by atoms with Crippen LogP contribution in [0.4, 0.5) is 0 Å². The lowest BCUT2D eigenvalue weighted by Crippen LogP contribution is -2.00. The van der Waals surface area contributed by atoms with E-state index in [9.17, 15) is 20.1 Å². The van der Waals surface area contributed by atoms with E-state index in [1.165, 1.54) is 19.2 Å². The van der Waals surface area contributed by atoms with Gasteiger partial charge in [-0.15, -0.1) is 0 Å². The molecule has 20 heavy (non-hydrogen) atoms. The number of hydrogen-bond donors (Lipinski definition) is 3. The Balaban J connectivity index is 2.60. The van der Waals surface area contributed by atoms with Gasteiger partial charge in [-0.05, 0) is 12.1 Å². The molecule has 0 radical (unpaired) electrons. The van der Waals surface area contributed by atoms with Crippen molar-refractivity contribution in [2.45, 2.75) is 0 Å². The zero-order valence-electron chi connectivity index (χ0n) is 10.4. The molecule has 0 aliphatic carbocycles. The van der Waals surface area contributed by atoms with Crippen molar-refractivity contribution in [1.29, 1.82) is 0 Å². The molecule has 0 aliphatic heterocycles. The van der Waals surface area contributed by atoms with Gasteiger partial charge in [0.1, 0.15) is 22.5 Å². The molecule has 3 N–H and O–H groups in total. The van der Waals surface area contributed by atoms with E-state index < -0.39 is 11.4 Å². The summed E-state index contributed by atoms with van der Waals surface area (Å²) < 4.78 is 10.1. The lowest BCUT2D eigenvalue weighted by atomic mass is 10.1. The summed E-state index contributed by atoms with van der Waals surface area (Å²) in [5.74, 6) is -0.667. The molecule has 1 aromatic heterocycles. The molecule has 0 unspecified atom stereocenters. The Morgan fingerprint density at radius 3 is 2.35 bits per heavy atom. The van der Waals surface area contributed by atoms with Crippen molar-refractivity contribution < 1.29 is 24.5 Å². The van der Waals surface area contributed by atoms with Gasteiger partial charge in [-0.2, -0.15) is 0 Å². The first-order valence-electron chi connectivity index (χ1n) is 5.70. The van der Waals surface area contributed by atoms with E-state index in [0.29, 0.717) is 16.5 Å². The molecular weight excluding hydrogens is 264 g/mol. The summed E-state index contributed by atoms with van der Waals surface area (Å²) in [6.45, 7) is 0. The number of aromatic hydroxyl groups is 3. The second-order valence-corrected chi connectivity index (χ2v) is 4.30. The minimum Gasteiger partial charge on any atom is -0.507 e. The molecule has 2 aromatic carbocycles. The number of phenols is 3. The molecule has 0 saturated carbocycles. The molecule has 3 aromatic rings. The molecule has 6 nitrogen and oxygen atoms in total. The third kappa shape index (κ3) is 1.62. The number of benzene rings is 2. The Morgan fingerprint density at radius 1 is 0.950 bits per heavy atom. The van der Waals surface area contributed by atoms with Gasteiger partial charge in [-0.3, -0.25) is 0 Å². The van der Waals surface area contributed by atoms with E-state index in [-0.39, 0.29) is 22.5 Å². The van der Waals surface area contributed by atoms with Crippen LogP contribution in [0.15, 0.2) is 33.5 Å². The summed E-state index contributed by atoms with van der Waals surface area (Å²) in [5, 5.41) is 29.7. The number of hydrogen-bond acceptors (Lipinski definition) is 6. The van der Waals surface area contributed by atoms with Gasteiger partial charge in [-0.25, -0.2) is 4.79 Å². The standard InChI is InChI=1S/C14H10O6/c1-19-6-2-8-7-4-9(15)10(16)5-12(7)20-14(18)13(8)11(17)3-6/h2-5,15-17H,1H3. The average Bonchev–Trinajstić information content (AvgIpc) is 2.40. The van der Waals surface area contributed by atoms with Crippen LogP contribution in [0.3, 0.4) is 0 Å². The largest absolute Gasteiger partial charge is 0.507 e. The Bertz CT molecular complexity index is 894. The zero-order chi connectivity index (χ0) is 14.4. The van der Waals surface area contributed by atoms with Crippen LogP contribution in [-0.2, 0) is 0 Å². The molecule has 0 amide bonds. The second-order valence-electron chi connectivity index (χ2n) is 4.30. The first-order chi connectivity index (χ1) is 9.51. The highest BCUT2D eigenvalue weighted by Crippen LogP contribution is 2.37. The average molecular weight is 274 g/mol. The van der Waals surface area contributed by atoms with Crippen LogP contribution in [0.5, 0.6) is 23.0 Å². The third-order valence-corrected chi connectivity index (χ3v) is 3.10. The summed E-state index contributed by atoms with van der Waals surface area (Å²) in [6, 6.07) is 5.24. The first kappa shape index (κ1) is 12.2. The molecule has 0 aliphatic rings. The smallest absolute Gasteiger partial charge is 0.347 e. The van der Waals surface area contributed by atoms with Crippen molar-refractivity contribution >= 4 is 21.7 Å². The van der Waals surface area contributed by atoms with Crippen molar-refractivity contribution in [3.05, 3.63) is 34.7 Å². The molecule has 3 rings (SSSR count). The normalized spacial score (nSPS) is 11.1. The number of phenolic OH excluding ortho intramolecular Hbond substituents is 3. The Labute approximate surface area is 112 Å². The summed E-state index contributed by atoms with van der Waals surface area (Å²) in [5.41, 5.74) is -0.636. The van der Waals surface area contributed by atoms with Gasteiger partial charge < -0.3 is 24.5 Å². The van der Waals surface area contributed by atoms with Crippen molar-refractivity contribution in [3.8, 4) is 23.0 Å². The van der Waals surface area contributed by atoms with Crippen LogP contribution in [0, 0.1) is 0 Å². The van der Waals surface area contributed by atoms with Crippen molar-refractivity contribution in [1.82, 2.24) is 0 Å². The highest BCUT2D eigenvalue weighted by atomic mass is 16.5. The summed E-state index contributed by atoms with van der Waals surface area (Å²) >= 11 is 0. The maximum absolute atomic E-state index is 11.9. The van der Waals surface area contributed by atoms with Crippen LogP contribution in [-0.4, -0.2) is 22.4 Å². The van der Waals surface area contributed by atoms with E-state index in [1.54, 1.807) is 6.07 Å². The van der Waals surface area contributed by atoms with Gasteiger partial charge in [0.15, 0.2) is 11.5 Å². The van der Waals surface area contributed by atoms with Crippen molar-refractivity contribution in [2.24, 2.45) is 0 Å². The fourth-order valence-corrected chi connectivity index (χ4v) is 2.15. The molecule has 6 heteroatoms. The van der Waals surface area contributed by atoms with E-state index in [1.807, 2.05) is 0 Å². The second kappa shape index (κ2) is 4.06. The maximum atomic E-state index is 11.9. The zero-order valence-corrected chi connectivity index (χ0v) is 10.4. The molecule has 0 spiro atoms. The molecule has 0 fully saturated rings. The van der Waals surface area contributed by atoms with Gasteiger partial charge >= 0.3 is 5.63 Å². The fraction of sp³-hybridized carbons (Fsp3) is 0.0714.